The van der Waals surface area contributed by atoms with Crippen molar-refractivity contribution in [2.45, 2.75) is 6.42 Å². The molecule has 0 aliphatic carbocycles. The zero-order chi connectivity index (χ0) is 5.54. The number of carbonyl (C=O) groups is 1. The fourth-order valence-electron chi connectivity index (χ4n) is 0.161. The van der Waals surface area contributed by atoms with Crippen molar-refractivity contribution >= 4 is 22.2 Å². The summed E-state index contributed by atoms with van der Waals surface area (Å²) in [5.41, 5.74) is 0. The van der Waals surface area contributed by atoms with E-state index in [2.05, 4.69) is 27.8 Å². The summed E-state index contributed by atoms with van der Waals surface area (Å²) in [4.78, 5) is 9.49. The SMILES string of the molecule is O=CC#CCCBr. The Kier molecular flexibility index (Phi) is 5.47. The van der Waals surface area contributed by atoms with E-state index < -0.39 is 0 Å². The molecule has 0 aromatic carbocycles. The second-order valence-electron chi connectivity index (χ2n) is 0.878. The molecule has 0 fully saturated rings. The van der Waals surface area contributed by atoms with Gasteiger partial charge >= 0.3 is 0 Å². The molecule has 0 aromatic heterocycles. The second kappa shape index (κ2) is 5.71. The van der Waals surface area contributed by atoms with Crippen LogP contribution in [-0.4, -0.2) is 11.6 Å². The number of alkyl halides is 1. The van der Waals surface area contributed by atoms with E-state index >= 15 is 0 Å². The minimum Gasteiger partial charge on any atom is -0.289 e. The van der Waals surface area contributed by atoms with Crippen molar-refractivity contribution in [1.29, 1.82) is 0 Å². The Morgan fingerprint density at radius 1 is 1.71 bits per heavy atom. The van der Waals surface area contributed by atoms with E-state index in [1.165, 1.54) is 0 Å². The van der Waals surface area contributed by atoms with Gasteiger partial charge < -0.3 is 0 Å². The lowest BCUT2D eigenvalue weighted by atomic mass is 10.5. The molecular weight excluding hydrogens is 156 g/mol. The average Bonchev–Trinajstić information content (AvgIpc) is 1.69. The highest BCUT2D eigenvalue weighted by atomic mass is 79.9. The van der Waals surface area contributed by atoms with Crippen molar-refractivity contribution in [3.8, 4) is 11.8 Å². The summed E-state index contributed by atoms with van der Waals surface area (Å²) in [5, 5.41) is 0.841. The van der Waals surface area contributed by atoms with Gasteiger partial charge in [-0.15, -0.1) is 0 Å². The topological polar surface area (TPSA) is 17.1 Å². The highest BCUT2D eigenvalue weighted by Crippen LogP contribution is 1.81. The fraction of sp³-hybridized carbons (Fsp3) is 0.400. The number of carbonyl (C=O) groups excluding carboxylic acids is 1. The molecule has 0 unspecified atom stereocenters. The third-order valence-electron chi connectivity index (χ3n) is 0.380. The summed E-state index contributed by atoms with van der Waals surface area (Å²) >= 11 is 3.16. The molecule has 0 spiro atoms. The molecule has 0 radical (unpaired) electrons. The smallest absolute Gasteiger partial charge is 0.192 e. The molecular formula is C5H5BrO. The summed E-state index contributed by atoms with van der Waals surface area (Å²) in [7, 11) is 0. The predicted octanol–water partition coefficient (Wildman–Crippen LogP) is 0.974. The first-order chi connectivity index (χ1) is 3.41. The molecule has 0 atom stereocenters. The third kappa shape index (κ3) is 5.71. The van der Waals surface area contributed by atoms with E-state index in [1.807, 2.05) is 0 Å². The zero-order valence-electron chi connectivity index (χ0n) is 3.78. The summed E-state index contributed by atoms with van der Waals surface area (Å²) < 4.78 is 0. The van der Waals surface area contributed by atoms with Crippen LogP contribution >= 0.6 is 15.9 Å². The van der Waals surface area contributed by atoms with Gasteiger partial charge in [-0.3, -0.25) is 4.79 Å². The number of rotatable bonds is 1. The van der Waals surface area contributed by atoms with Crippen molar-refractivity contribution in [2.24, 2.45) is 0 Å². The van der Waals surface area contributed by atoms with Gasteiger partial charge in [0.05, 0.1) is 0 Å². The van der Waals surface area contributed by atoms with Gasteiger partial charge in [-0.05, 0) is 5.92 Å². The van der Waals surface area contributed by atoms with Crippen LogP contribution in [-0.2, 0) is 4.79 Å². The van der Waals surface area contributed by atoms with Gasteiger partial charge in [-0.1, -0.05) is 21.9 Å². The van der Waals surface area contributed by atoms with Gasteiger partial charge in [0.2, 0.25) is 0 Å². The Bertz CT molecular complexity index is 98.4. The van der Waals surface area contributed by atoms with Crippen LogP contribution in [0.3, 0.4) is 0 Å². The van der Waals surface area contributed by atoms with Crippen LogP contribution in [0, 0.1) is 11.8 Å². The first-order valence-corrected chi connectivity index (χ1v) is 3.02. The maximum atomic E-state index is 9.49. The van der Waals surface area contributed by atoms with Crippen molar-refractivity contribution in [3.63, 3.8) is 0 Å². The summed E-state index contributed by atoms with van der Waals surface area (Å²) in [5.74, 6) is 4.91. The van der Waals surface area contributed by atoms with Gasteiger partial charge in [-0.25, -0.2) is 0 Å². The zero-order valence-corrected chi connectivity index (χ0v) is 5.36. The van der Waals surface area contributed by atoms with E-state index in [0.29, 0.717) is 6.29 Å². The number of halogens is 1. The maximum Gasteiger partial charge on any atom is 0.192 e. The average molecular weight is 161 g/mol. The minimum absolute atomic E-state index is 0.600. The summed E-state index contributed by atoms with van der Waals surface area (Å²) in [6.07, 6.45) is 1.35. The normalized spacial score (nSPS) is 6.43. The first-order valence-electron chi connectivity index (χ1n) is 1.90. The first kappa shape index (κ1) is 6.71. The molecule has 7 heavy (non-hydrogen) atoms. The quantitative estimate of drug-likeness (QED) is 0.318. The molecule has 0 amide bonds. The van der Waals surface area contributed by atoms with Crippen LogP contribution in [0.2, 0.25) is 0 Å². The van der Waals surface area contributed by atoms with Crippen molar-refractivity contribution in [2.75, 3.05) is 5.33 Å². The van der Waals surface area contributed by atoms with Crippen molar-refractivity contribution in [3.05, 3.63) is 0 Å². The predicted molar refractivity (Wildman–Crippen MR) is 32.3 cm³/mol. The summed E-state index contributed by atoms with van der Waals surface area (Å²) in [6, 6.07) is 0. The number of aldehydes is 1. The van der Waals surface area contributed by atoms with E-state index in [0.717, 1.165) is 11.8 Å². The van der Waals surface area contributed by atoms with E-state index in [1.54, 1.807) is 0 Å². The van der Waals surface area contributed by atoms with Gasteiger partial charge in [-0.2, -0.15) is 0 Å². The van der Waals surface area contributed by atoms with Crippen molar-refractivity contribution in [1.82, 2.24) is 0 Å². The molecule has 1 nitrogen and oxygen atoms in total. The molecule has 38 valence electrons. The molecule has 0 bridgehead atoms. The highest BCUT2D eigenvalue weighted by Gasteiger charge is 1.67. The van der Waals surface area contributed by atoms with Crippen LogP contribution < -0.4 is 0 Å². The minimum atomic E-state index is 0.600. The van der Waals surface area contributed by atoms with Gasteiger partial charge in [0, 0.05) is 11.8 Å². The van der Waals surface area contributed by atoms with Crippen LogP contribution in [0.4, 0.5) is 0 Å². The molecule has 0 rings (SSSR count). The van der Waals surface area contributed by atoms with E-state index in [4.69, 9.17) is 0 Å². The Labute approximate surface area is 51.2 Å². The maximum absolute atomic E-state index is 9.49. The Balaban J connectivity index is 3.07. The molecule has 0 aliphatic rings. The standard InChI is InChI=1S/C5H5BrO/c6-4-2-1-3-5-7/h5H,2,4H2. The van der Waals surface area contributed by atoms with Crippen molar-refractivity contribution < 1.29 is 4.79 Å². The lowest BCUT2D eigenvalue weighted by molar-refractivity contribution is -0.103. The molecule has 0 aromatic rings. The largest absolute Gasteiger partial charge is 0.289 e. The number of hydrogen-bond acceptors (Lipinski definition) is 1. The van der Waals surface area contributed by atoms with Crippen LogP contribution in [0.25, 0.3) is 0 Å². The Hall–Kier alpha value is -0.290. The lowest BCUT2D eigenvalue weighted by Crippen LogP contribution is -1.65. The van der Waals surface area contributed by atoms with Crippen LogP contribution in [0.15, 0.2) is 0 Å². The van der Waals surface area contributed by atoms with E-state index in [-0.39, 0.29) is 0 Å². The van der Waals surface area contributed by atoms with Gasteiger partial charge in [0.1, 0.15) is 0 Å². The Morgan fingerprint density at radius 2 is 2.43 bits per heavy atom. The second-order valence-corrected chi connectivity index (χ2v) is 1.67. The molecule has 0 aliphatic heterocycles. The molecule has 2 heteroatoms. The molecule has 0 saturated carbocycles. The lowest BCUT2D eigenvalue weighted by Gasteiger charge is -1.69. The Morgan fingerprint density at radius 3 is 2.86 bits per heavy atom. The summed E-state index contributed by atoms with van der Waals surface area (Å²) in [6.45, 7) is 0. The van der Waals surface area contributed by atoms with Crippen LogP contribution in [0.1, 0.15) is 6.42 Å². The third-order valence-corrected chi connectivity index (χ3v) is 0.777. The molecule has 0 heterocycles. The van der Waals surface area contributed by atoms with Gasteiger partial charge in [0.25, 0.3) is 0 Å². The van der Waals surface area contributed by atoms with Gasteiger partial charge in [0.15, 0.2) is 6.29 Å². The highest BCUT2D eigenvalue weighted by molar-refractivity contribution is 9.09. The van der Waals surface area contributed by atoms with Crippen LogP contribution in [0.5, 0.6) is 0 Å². The monoisotopic (exact) mass is 160 g/mol. The fourth-order valence-corrected chi connectivity index (χ4v) is 0.359. The van der Waals surface area contributed by atoms with E-state index in [9.17, 15) is 4.79 Å². The number of hydrogen-bond donors (Lipinski definition) is 0. The molecule has 0 N–H and O–H groups in total. The molecule has 0 saturated heterocycles.